The van der Waals surface area contributed by atoms with E-state index in [1.165, 1.54) is 6.42 Å². The van der Waals surface area contributed by atoms with E-state index >= 15 is 0 Å². The molecule has 56 valence electrons. The van der Waals surface area contributed by atoms with Gasteiger partial charge in [0.05, 0.1) is 5.25 Å². The first-order valence-corrected chi connectivity index (χ1v) is 4.58. The number of carbonyl (C=O) groups excluding carboxylic acids is 1. The van der Waals surface area contributed by atoms with Crippen molar-refractivity contribution in [3.8, 4) is 0 Å². The summed E-state index contributed by atoms with van der Waals surface area (Å²) in [4.78, 5) is 11.2. The molecule has 0 radical (unpaired) electrons. The third kappa shape index (κ3) is 1.63. The van der Waals surface area contributed by atoms with Crippen LogP contribution in [0, 0.1) is 0 Å². The highest BCUT2D eigenvalue weighted by atomic mass is 32.2. The van der Waals surface area contributed by atoms with Gasteiger partial charge in [-0.3, -0.25) is 4.79 Å². The van der Waals surface area contributed by atoms with Crippen LogP contribution in [0.3, 0.4) is 0 Å². The molecule has 0 spiro atoms. The van der Waals surface area contributed by atoms with E-state index in [4.69, 9.17) is 0 Å². The van der Waals surface area contributed by atoms with Gasteiger partial charge < -0.3 is 0 Å². The molecule has 1 atom stereocenters. The van der Waals surface area contributed by atoms with Gasteiger partial charge in [0.25, 0.3) is 0 Å². The lowest BCUT2D eigenvalue weighted by Crippen LogP contribution is -2.13. The summed E-state index contributed by atoms with van der Waals surface area (Å²) in [5, 5.41) is 0.234. The van der Waals surface area contributed by atoms with E-state index in [9.17, 15) is 4.79 Å². The lowest BCUT2D eigenvalue weighted by Gasteiger charge is -2.04. The zero-order chi connectivity index (χ0) is 7.56. The average Bonchev–Trinajstić information content (AvgIpc) is 2.36. The van der Waals surface area contributed by atoms with Gasteiger partial charge in [0, 0.05) is 0 Å². The highest BCUT2D eigenvalue weighted by Crippen LogP contribution is 2.28. The van der Waals surface area contributed by atoms with Crippen LogP contribution in [0.25, 0.3) is 0 Å². The molecule has 0 bridgehead atoms. The van der Waals surface area contributed by atoms with Gasteiger partial charge in [0.15, 0.2) is 5.78 Å². The fourth-order valence-corrected chi connectivity index (χ4v) is 2.36. The van der Waals surface area contributed by atoms with Crippen LogP contribution >= 0.6 is 11.8 Å². The highest BCUT2D eigenvalue weighted by molar-refractivity contribution is 8.00. The van der Waals surface area contributed by atoms with Crippen molar-refractivity contribution in [2.75, 3.05) is 5.75 Å². The fraction of sp³-hybridized carbons (Fsp3) is 0.625. The summed E-state index contributed by atoms with van der Waals surface area (Å²) in [5.41, 5.74) is 0.708. The summed E-state index contributed by atoms with van der Waals surface area (Å²) >= 11 is 1.77. The summed E-state index contributed by atoms with van der Waals surface area (Å²) in [6, 6.07) is 0. The number of hydrogen-bond donors (Lipinski definition) is 0. The SMILES string of the molecule is C=C(C)C(=O)C1CCCS1. The number of allylic oxidation sites excluding steroid dienone is 1. The largest absolute Gasteiger partial charge is 0.293 e. The Kier molecular flexibility index (Phi) is 2.55. The molecule has 0 N–H and O–H groups in total. The van der Waals surface area contributed by atoms with E-state index < -0.39 is 0 Å². The predicted molar refractivity (Wildman–Crippen MR) is 45.3 cm³/mol. The maximum atomic E-state index is 11.2. The lowest BCUT2D eigenvalue weighted by atomic mass is 10.1. The Labute approximate surface area is 65.9 Å². The van der Waals surface area contributed by atoms with E-state index in [-0.39, 0.29) is 11.0 Å². The van der Waals surface area contributed by atoms with Crippen LogP contribution in [0.15, 0.2) is 12.2 Å². The summed E-state index contributed by atoms with van der Waals surface area (Å²) in [5.74, 6) is 1.39. The van der Waals surface area contributed by atoms with Crippen molar-refractivity contribution < 1.29 is 4.79 Å². The molecule has 0 aromatic heterocycles. The Morgan fingerprint density at radius 3 is 2.80 bits per heavy atom. The van der Waals surface area contributed by atoms with Crippen LogP contribution in [-0.4, -0.2) is 16.8 Å². The normalized spacial score (nSPS) is 24.7. The molecule has 1 nitrogen and oxygen atoms in total. The van der Waals surface area contributed by atoms with Gasteiger partial charge in [-0.25, -0.2) is 0 Å². The second-order valence-corrected chi connectivity index (χ2v) is 3.96. The number of rotatable bonds is 2. The number of ketones is 1. The van der Waals surface area contributed by atoms with E-state index in [0.29, 0.717) is 5.57 Å². The molecule has 0 amide bonds. The van der Waals surface area contributed by atoms with E-state index in [0.717, 1.165) is 12.2 Å². The molecular weight excluding hydrogens is 144 g/mol. The maximum Gasteiger partial charge on any atom is 0.170 e. The molecule has 2 heteroatoms. The van der Waals surface area contributed by atoms with Crippen LogP contribution in [0.1, 0.15) is 19.8 Å². The highest BCUT2D eigenvalue weighted by Gasteiger charge is 2.22. The average molecular weight is 156 g/mol. The molecule has 0 aliphatic carbocycles. The molecule has 1 aliphatic heterocycles. The van der Waals surface area contributed by atoms with Crippen LogP contribution in [0.4, 0.5) is 0 Å². The first-order chi connectivity index (χ1) is 4.72. The van der Waals surface area contributed by atoms with Crippen LogP contribution < -0.4 is 0 Å². The maximum absolute atomic E-state index is 11.2. The molecule has 1 rings (SSSR count). The van der Waals surface area contributed by atoms with Crippen molar-refractivity contribution >= 4 is 17.5 Å². The molecular formula is C8H12OS. The van der Waals surface area contributed by atoms with Crippen LogP contribution in [-0.2, 0) is 4.79 Å². The van der Waals surface area contributed by atoms with Gasteiger partial charge in [-0.2, -0.15) is 11.8 Å². The number of thioether (sulfide) groups is 1. The van der Waals surface area contributed by atoms with Crippen molar-refractivity contribution in [3.63, 3.8) is 0 Å². The second-order valence-electron chi connectivity index (χ2n) is 2.65. The number of hydrogen-bond acceptors (Lipinski definition) is 2. The van der Waals surface area contributed by atoms with Crippen molar-refractivity contribution in [1.29, 1.82) is 0 Å². The van der Waals surface area contributed by atoms with E-state index in [2.05, 4.69) is 6.58 Å². The Morgan fingerprint density at radius 2 is 2.40 bits per heavy atom. The summed E-state index contributed by atoms with van der Waals surface area (Å²) < 4.78 is 0. The molecule has 1 unspecified atom stereocenters. The van der Waals surface area contributed by atoms with Crippen molar-refractivity contribution in [2.45, 2.75) is 25.0 Å². The summed E-state index contributed by atoms with van der Waals surface area (Å²) in [6.45, 7) is 5.43. The van der Waals surface area contributed by atoms with Gasteiger partial charge in [-0.1, -0.05) is 6.58 Å². The van der Waals surface area contributed by atoms with Crippen molar-refractivity contribution in [1.82, 2.24) is 0 Å². The Balaban J connectivity index is 2.48. The number of Topliss-reactive ketones (excluding diaryl/α,β-unsaturated/α-hetero) is 1. The fourth-order valence-electron chi connectivity index (χ4n) is 1.06. The minimum absolute atomic E-state index is 0.234. The molecule has 1 heterocycles. The van der Waals surface area contributed by atoms with E-state index in [1.54, 1.807) is 18.7 Å². The van der Waals surface area contributed by atoms with Gasteiger partial charge in [-0.15, -0.1) is 0 Å². The molecule has 0 saturated carbocycles. The van der Waals surface area contributed by atoms with Gasteiger partial charge in [0.2, 0.25) is 0 Å². The standard InChI is InChI=1S/C8H12OS/c1-6(2)8(9)7-4-3-5-10-7/h7H,1,3-5H2,2H3. The Hall–Kier alpha value is -0.240. The molecule has 10 heavy (non-hydrogen) atoms. The Bertz CT molecular complexity index is 157. The molecule has 1 aliphatic rings. The van der Waals surface area contributed by atoms with E-state index in [1.807, 2.05) is 0 Å². The van der Waals surface area contributed by atoms with Gasteiger partial charge in [0.1, 0.15) is 0 Å². The predicted octanol–water partition coefficient (Wildman–Crippen LogP) is 2.03. The summed E-state index contributed by atoms with van der Waals surface area (Å²) in [7, 11) is 0. The topological polar surface area (TPSA) is 17.1 Å². The molecule has 0 aromatic rings. The Morgan fingerprint density at radius 1 is 1.70 bits per heavy atom. The minimum Gasteiger partial charge on any atom is -0.293 e. The minimum atomic E-state index is 0.234. The van der Waals surface area contributed by atoms with Crippen LogP contribution in [0.5, 0.6) is 0 Å². The van der Waals surface area contributed by atoms with Gasteiger partial charge in [-0.05, 0) is 31.1 Å². The zero-order valence-corrected chi connectivity index (χ0v) is 7.04. The monoisotopic (exact) mass is 156 g/mol. The van der Waals surface area contributed by atoms with Crippen molar-refractivity contribution in [3.05, 3.63) is 12.2 Å². The first-order valence-electron chi connectivity index (χ1n) is 3.53. The van der Waals surface area contributed by atoms with Crippen molar-refractivity contribution in [2.24, 2.45) is 0 Å². The summed E-state index contributed by atoms with van der Waals surface area (Å²) in [6.07, 6.45) is 2.24. The van der Waals surface area contributed by atoms with Crippen LogP contribution in [0.2, 0.25) is 0 Å². The molecule has 1 fully saturated rings. The third-order valence-electron chi connectivity index (χ3n) is 1.64. The quantitative estimate of drug-likeness (QED) is 0.569. The first kappa shape index (κ1) is 7.86. The molecule has 1 saturated heterocycles. The zero-order valence-electron chi connectivity index (χ0n) is 6.22. The van der Waals surface area contributed by atoms with Gasteiger partial charge >= 0.3 is 0 Å². The number of carbonyl (C=O) groups is 1. The molecule has 0 aromatic carbocycles. The third-order valence-corrected chi connectivity index (χ3v) is 3.02. The lowest BCUT2D eigenvalue weighted by molar-refractivity contribution is -0.115. The second kappa shape index (κ2) is 3.24. The smallest absolute Gasteiger partial charge is 0.170 e.